The molecule has 0 radical (unpaired) electrons. The van der Waals surface area contributed by atoms with Crippen LogP contribution in [0.2, 0.25) is 0 Å². The highest BCUT2D eigenvalue weighted by atomic mass is 32.2. The SMILES string of the molecule is Cc1ccc(C(=O)Nc2ccccc2)cc1S(=O)(=O)NCC(C)c1ccccc1. The van der Waals surface area contributed by atoms with Crippen LogP contribution in [0.25, 0.3) is 0 Å². The summed E-state index contributed by atoms with van der Waals surface area (Å²) in [7, 11) is -3.75. The number of anilines is 1. The lowest BCUT2D eigenvalue weighted by Crippen LogP contribution is -2.28. The summed E-state index contributed by atoms with van der Waals surface area (Å²) in [6.07, 6.45) is 0. The largest absolute Gasteiger partial charge is 0.322 e. The normalized spacial score (nSPS) is 12.3. The molecule has 1 amide bonds. The van der Waals surface area contributed by atoms with Crippen molar-refractivity contribution in [1.82, 2.24) is 4.72 Å². The second kappa shape index (κ2) is 9.03. The molecule has 3 rings (SSSR count). The molecule has 6 heteroatoms. The Morgan fingerprint density at radius 3 is 2.21 bits per heavy atom. The number of para-hydroxylation sites is 1. The number of hydrogen-bond donors (Lipinski definition) is 2. The number of aryl methyl sites for hydroxylation is 1. The van der Waals surface area contributed by atoms with Crippen molar-refractivity contribution in [2.75, 3.05) is 11.9 Å². The molecular formula is C23H24N2O3S. The Morgan fingerprint density at radius 2 is 1.55 bits per heavy atom. The van der Waals surface area contributed by atoms with Gasteiger partial charge in [-0.05, 0) is 48.2 Å². The molecule has 0 aromatic heterocycles. The standard InChI is InChI=1S/C23H24N2O3S/c1-17-13-14-20(23(26)25-21-11-7-4-8-12-21)15-22(17)29(27,28)24-16-18(2)19-9-5-3-6-10-19/h3-15,18,24H,16H2,1-2H3,(H,25,26). The van der Waals surface area contributed by atoms with Gasteiger partial charge in [0.05, 0.1) is 4.90 Å². The molecule has 3 aromatic carbocycles. The predicted octanol–water partition coefficient (Wildman–Crippen LogP) is 4.33. The van der Waals surface area contributed by atoms with Crippen LogP contribution in [0.4, 0.5) is 5.69 Å². The number of nitrogens with one attached hydrogen (secondary N) is 2. The van der Waals surface area contributed by atoms with E-state index in [9.17, 15) is 13.2 Å². The third-order valence-corrected chi connectivity index (χ3v) is 6.29. The molecule has 0 heterocycles. The first kappa shape index (κ1) is 20.8. The molecule has 29 heavy (non-hydrogen) atoms. The van der Waals surface area contributed by atoms with Crippen LogP contribution in [0.3, 0.4) is 0 Å². The first-order valence-corrected chi connectivity index (χ1v) is 10.9. The number of sulfonamides is 1. The van der Waals surface area contributed by atoms with Crippen LogP contribution in [-0.4, -0.2) is 20.9 Å². The van der Waals surface area contributed by atoms with Gasteiger partial charge in [-0.2, -0.15) is 0 Å². The highest BCUT2D eigenvalue weighted by Crippen LogP contribution is 2.20. The summed E-state index contributed by atoms with van der Waals surface area (Å²) in [6, 6.07) is 23.5. The Kier molecular flexibility index (Phi) is 6.46. The van der Waals surface area contributed by atoms with Gasteiger partial charge in [0, 0.05) is 17.8 Å². The van der Waals surface area contributed by atoms with Crippen LogP contribution in [0.1, 0.15) is 34.3 Å². The van der Waals surface area contributed by atoms with E-state index >= 15 is 0 Å². The van der Waals surface area contributed by atoms with Gasteiger partial charge in [0.15, 0.2) is 0 Å². The van der Waals surface area contributed by atoms with E-state index in [4.69, 9.17) is 0 Å². The third kappa shape index (κ3) is 5.31. The second-order valence-electron chi connectivity index (χ2n) is 6.96. The minimum absolute atomic E-state index is 0.0239. The van der Waals surface area contributed by atoms with Crippen LogP contribution >= 0.6 is 0 Å². The first-order valence-electron chi connectivity index (χ1n) is 9.38. The van der Waals surface area contributed by atoms with Gasteiger partial charge >= 0.3 is 0 Å². The van der Waals surface area contributed by atoms with Crippen LogP contribution in [0, 0.1) is 6.92 Å². The molecule has 0 fully saturated rings. The quantitative estimate of drug-likeness (QED) is 0.611. The highest BCUT2D eigenvalue weighted by molar-refractivity contribution is 7.89. The van der Waals surface area contributed by atoms with Gasteiger partial charge in [0.1, 0.15) is 0 Å². The molecule has 0 saturated carbocycles. The molecule has 5 nitrogen and oxygen atoms in total. The summed E-state index contributed by atoms with van der Waals surface area (Å²) >= 11 is 0. The number of carbonyl (C=O) groups excluding carboxylic acids is 1. The summed E-state index contributed by atoms with van der Waals surface area (Å²) in [5.74, 6) is -0.332. The zero-order valence-electron chi connectivity index (χ0n) is 16.4. The van der Waals surface area contributed by atoms with Crippen LogP contribution < -0.4 is 10.0 Å². The Balaban J connectivity index is 1.76. The third-order valence-electron chi connectivity index (χ3n) is 4.72. The van der Waals surface area contributed by atoms with Gasteiger partial charge in [0.2, 0.25) is 10.0 Å². The van der Waals surface area contributed by atoms with Gasteiger partial charge in [-0.3, -0.25) is 4.79 Å². The van der Waals surface area contributed by atoms with Crippen LogP contribution in [-0.2, 0) is 10.0 Å². The van der Waals surface area contributed by atoms with Gasteiger partial charge in [-0.15, -0.1) is 0 Å². The molecule has 3 aromatic rings. The Morgan fingerprint density at radius 1 is 0.931 bits per heavy atom. The van der Waals surface area contributed by atoms with E-state index in [1.165, 1.54) is 6.07 Å². The Labute approximate surface area is 171 Å². The minimum Gasteiger partial charge on any atom is -0.322 e. The average molecular weight is 409 g/mol. The number of rotatable bonds is 7. The lowest BCUT2D eigenvalue weighted by Gasteiger charge is -2.15. The molecule has 150 valence electrons. The van der Waals surface area contributed by atoms with Crippen molar-refractivity contribution in [1.29, 1.82) is 0 Å². The van der Waals surface area contributed by atoms with Crippen LogP contribution in [0.15, 0.2) is 83.8 Å². The maximum absolute atomic E-state index is 12.9. The molecule has 0 aliphatic carbocycles. The highest BCUT2D eigenvalue weighted by Gasteiger charge is 2.20. The summed E-state index contributed by atoms with van der Waals surface area (Å²) in [5, 5.41) is 2.77. The van der Waals surface area contributed by atoms with Gasteiger partial charge in [0.25, 0.3) is 5.91 Å². The molecule has 2 N–H and O–H groups in total. The van der Waals surface area contributed by atoms with Crippen molar-refractivity contribution in [3.63, 3.8) is 0 Å². The Hall–Kier alpha value is -2.96. The van der Waals surface area contributed by atoms with E-state index in [-0.39, 0.29) is 28.8 Å². The first-order chi connectivity index (χ1) is 13.9. The molecule has 1 atom stereocenters. The smallest absolute Gasteiger partial charge is 0.255 e. The average Bonchev–Trinajstić information content (AvgIpc) is 2.73. The minimum atomic E-state index is -3.75. The monoisotopic (exact) mass is 408 g/mol. The second-order valence-corrected chi connectivity index (χ2v) is 8.70. The zero-order chi connectivity index (χ0) is 20.9. The van der Waals surface area contributed by atoms with E-state index in [0.29, 0.717) is 11.3 Å². The number of hydrogen-bond acceptors (Lipinski definition) is 3. The van der Waals surface area contributed by atoms with Crippen molar-refractivity contribution in [2.24, 2.45) is 0 Å². The summed E-state index contributed by atoms with van der Waals surface area (Å²) in [6.45, 7) is 3.95. The molecule has 1 unspecified atom stereocenters. The lowest BCUT2D eigenvalue weighted by molar-refractivity contribution is 0.102. The van der Waals surface area contributed by atoms with E-state index < -0.39 is 10.0 Å². The fraction of sp³-hybridized carbons (Fsp3) is 0.174. The summed E-state index contributed by atoms with van der Waals surface area (Å²) in [4.78, 5) is 12.6. The molecular weight excluding hydrogens is 384 g/mol. The molecule has 0 aliphatic rings. The van der Waals surface area contributed by atoms with Gasteiger partial charge in [-0.1, -0.05) is 61.5 Å². The fourth-order valence-corrected chi connectivity index (χ4v) is 4.37. The molecule has 0 aliphatic heterocycles. The summed E-state index contributed by atoms with van der Waals surface area (Å²) in [5.41, 5.74) is 2.58. The number of carbonyl (C=O) groups is 1. The van der Waals surface area contributed by atoms with E-state index in [2.05, 4.69) is 10.0 Å². The Bertz CT molecular complexity index is 1080. The van der Waals surface area contributed by atoms with Crippen molar-refractivity contribution < 1.29 is 13.2 Å². The molecule has 0 bridgehead atoms. The van der Waals surface area contributed by atoms with E-state index in [1.807, 2.05) is 55.5 Å². The van der Waals surface area contributed by atoms with Gasteiger partial charge in [-0.25, -0.2) is 13.1 Å². The van der Waals surface area contributed by atoms with E-state index in [1.54, 1.807) is 31.2 Å². The van der Waals surface area contributed by atoms with Crippen molar-refractivity contribution in [2.45, 2.75) is 24.7 Å². The van der Waals surface area contributed by atoms with E-state index in [0.717, 1.165) is 5.56 Å². The molecule has 0 saturated heterocycles. The lowest BCUT2D eigenvalue weighted by atomic mass is 10.0. The zero-order valence-corrected chi connectivity index (χ0v) is 17.2. The molecule has 0 spiro atoms. The maximum atomic E-state index is 12.9. The topological polar surface area (TPSA) is 75.3 Å². The van der Waals surface area contributed by atoms with Crippen molar-refractivity contribution in [3.05, 3.63) is 95.6 Å². The van der Waals surface area contributed by atoms with Crippen molar-refractivity contribution in [3.8, 4) is 0 Å². The van der Waals surface area contributed by atoms with Crippen LogP contribution in [0.5, 0.6) is 0 Å². The maximum Gasteiger partial charge on any atom is 0.255 e. The number of amides is 1. The van der Waals surface area contributed by atoms with Crippen molar-refractivity contribution >= 4 is 21.6 Å². The fourth-order valence-electron chi connectivity index (χ4n) is 2.97. The van der Waals surface area contributed by atoms with Gasteiger partial charge < -0.3 is 5.32 Å². The summed E-state index contributed by atoms with van der Waals surface area (Å²) < 4.78 is 28.4. The predicted molar refractivity (Wildman–Crippen MR) is 116 cm³/mol. The number of benzene rings is 3.